The van der Waals surface area contributed by atoms with E-state index in [1.165, 1.54) is 12.1 Å². The van der Waals surface area contributed by atoms with Crippen LogP contribution < -0.4 is 4.74 Å². The molecule has 0 saturated heterocycles. The normalized spacial score (nSPS) is 13.2. The topological polar surface area (TPSA) is 83.5 Å². The van der Waals surface area contributed by atoms with Gasteiger partial charge in [0.25, 0.3) is 0 Å². The molecule has 0 N–H and O–H groups in total. The first-order chi connectivity index (χ1) is 19.9. The predicted molar refractivity (Wildman–Crippen MR) is 128 cm³/mol. The highest BCUT2D eigenvalue weighted by molar-refractivity contribution is 7.97. The summed E-state index contributed by atoms with van der Waals surface area (Å²) in [4.78, 5) is 14.6. The SMILES string of the molecule is O=C(CC(F)(F)F)Oc1ccc([S+](c2ccccc2)c2ccccc2)cc1.O=S(=O)([O-])C(F)(F)C(F)(F)C(F)(F)C(F)(F)F. The van der Waals surface area contributed by atoms with Gasteiger partial charge >= 0.3 is 35.4 Å². The van der Waals surface area contributed by atoms with Crippen LogP contribution in [0.4, 0.5) is 52.7 Å². The lowest BCUT2D eigenvalue weighted by molar-refractivity contribution is -0.382. The van der Waals surface area contributed by atoms with Gasteiger partial charge in [0.2, 0.25) is 0 Å². The van der Waals surface area contributed by atoms with E-state index in [1.807, 2.05) is 60.7 Å². The second kappa shape index (κ2) is 13.3. The minimum Gasteiger partial charge on any atom is -0.743 e. The first-order valence-electron chi connectivity index (χ1n) is 11.3. The molecule has 0 aliphatic heterocycles. The maximum atomic E-state index is 12.3. The summed E-state index contributed by atoms with van der Waals surface area (Å²) in [7, 11) is -7.79. The Hall–Kier alpha value is -3.45. The van der Waals surface area contributed by atoms with Crippen LogP contribution in [-0.4, -0.2) is 48.4 Å². The summed E-state index contributed by atoms with van der Waals surface area (Å²) in [6.07, 6.45) is -13.3. The van der Waals surface area contributed by atoms with Crippen LogP contribution in [0, 0.1) is 0 Å². The molecule has 0 atom stereocenters. The lowest BCUT2D eigenvalue weighted by Gasteiger charge is -2.34. The number of esters is 1. The third-order valence-corrected chi connectivity index (χ3v) is 8.14. The fourth-order valence-electron chi connectivity index (χ4n) is 3.01. The monoisotopic (exact) mass is 688 g/mol. The van der Waals surface area contributed by atoms with Crippen molar-refractivity contribution in [3.8, 4) is 5.75 Å². The quantitative estimate of drug-likeness (QED) is 0.0801. The number of carbonyl (C=O) groups excluding carboxylic acids is 1. The lowest BCUT2D eigenvalue weighted by atomic mass is 10.1. The zero-order valence-electron chi connectivity index (χ0n) is 21.2. The molecular formula is C25H16F12O5S2. The molecule has 0 amide bonds. The Balaban J connectivity index is 0.000000345. The van der Waals surface area contributed by atoms with Crippen molar-refractivity contribution in [2.24, 2.45) is 0 Å². The predicted octanol–water partition coefficient (Wildman–Crippen LogP) is 7.60. The average Bonchev–Trinajstić information content (AvgIpc) is 2.89. The van der Waals surface area contributed by atoms with Gasteiger partial charge in [-0.2, -0.15) is 52.7 Å². The maximum Gasteiger partial charge on any atom is 0.460 e. The maximum absolute atomic E-state index is 12.3. The van der Waals surface area contributed by atoms with E-state index in [-0.39, 0.29) is 16.6 Å². The van der Waals surface area contributed by atoms with Gasteiger partial charge in [-0.15, -0.1) is 0 Å². The van der Waals surface area contributed by atoms with Crippen molar-refractivity contribution in [2.45, 2.75) is 50.6 Å². The third-order valence-electron chi connectivity index (χ3n) is 5.02. The van der Waals surface area contributed by atoms with E-state index in [0.717, 1.165) is 14.7 Å². The number of carbonyl (C=O) groups is 1. The van der Waals surface area contributed by atoms with Crippen molar-refractivity contribution >= 4 is 27.0 Å². The van der Waals surface area contributed by atoms with E-state index in [2.05, 4.69) is 0 Å². The summed E-state index contributed by atoms with van der Waals surface area (Å²) in [6.45, 7) is 0. The van der Waals surface area contributed by atoms with Gasteiger partial charge in [0.05, 0.1) is 10.9 Å². The number of hydrogen-bond acceptors (Lipinski definition) is 5. The second-order valence-corrected chi connectivity index (χ2v) is 11.7. The zero-order valence-corrected chi connectivity index (χ0v) is 22.8. The molecule has 0 aliphatic rings. The van der Waals surface area contributed by atoms with E-state index < -0.39 is 52.0 Å². The van der Waals surface area contributed by atoms with Crippen LogP contribution in [0.25, 0.3) is 0 Å². The molecule has 3 rings (SSSR count). The Bertz CT molecular complexity index is 1450. The first-order valence-corrected chi connectivity index (χ1v) is 13.9. The zero-order chi connectivity index (χ0) is 33.8. The number of hydrogen-bond donors (Lipinski definition) is 0. The second-order valence-electron chi connectivity index (χ2n) is 8.29. The summed E-state index contributed by atoms with van der Waals surface area (Å²) >= 11 is 0. The summed E-state index contributed by atoms with van der Waals surface area (Å²) in [5, 5.41) is -7.11. The van der Waals surface area contributed by atoms with Crippen molar-refractivity contribution in [2.75, 3.05) is 0 Å². The van der Waals surface area contributed by atoms with Crippen LogP contribution in [0.1, 0.15) is 6.42 Å². The highest BCUT2D eigenvalue weighted by Crippen LogP contribution is 2.54. The van der Waals surface area contributed by atoms with Crippen molar-refractivity contribution in [1.82, 2.24) is 0 Å². The Kier molecular flexibility index (Phi) is 11.1. The Morgan fingerprint density at radius 3 is 1.36 bits per heavy atom. The van der Waals surface area contributed by atoms with E-state index in [1.54, 1.807) is 12.1 Å². The molecular weight excluding hydrogens is 672 g/mol. The molecule has 0 spiro atoms. The molecule has 5 nitrogen and oxygen atoms in total. The molecule has 0 heterocycles. The first kappa shape index (κ1) is 36.7. The van der Waals surface area contributed by atoms with Crippen LogP contribution in [0.15, 0.2) is 99.6 Å². The summed E-state index contributed by atoms with van der Waals surface area (Å²) < 4.78 is 177. The van der Waals surface area contributed by atoms with Crippen molar-refractivity contribution in [3.63, 3.8) is 0 Å². The number of ether oxygens (including phenoxy) is 1. The van der Waals surface area contributed by atoms with E-state index in [4.69, 9.17) is 4.74 Å². The fourth-order valence-corrected chi connectivity index (χ4v) is 5.54. The Labute approximate surface area is 243 Å². The number of benzene rings is 3. The van der Waals surface area contributed by atoms with Crippen molar-refractivity contribution < 1.29 is 75.2 Å². The molecule has 19 heteroatoms. The minimum atomic E-state index is -7.43. The van der Waals surface area contributed by atoms with Crippen LogP contribution in [-0.2, 0) is 25.8 Å². The highest BCUT2D eigenvalue weighted by Gasteiger charge is 2.83. The minimum absolute atomic E-state index is 0.0951. The van der Waals surface area contributed by atoms with Gasteiger partial charge in [-0.25, -0.2) is 8.42 Å². The smallest absolute Gasteiger partial charge is 0.460 e. The molecule has 0 saturated carbocycles. The summed E-state index contributed by atoms with van der Waals surface area (Å²) in [6, 6.07) is 26.5. The lowest BCUT2D eigenvalue weighted by Crippen LogP contribution is -2.63. The molecule has 0 radical (unpaired) electrons. The molecule has 0 aromatic heterocycles. The van der Waals surface area contributed by atoms with Crippen LogP contribution in [0.5, 0.6) is 5.75 Å². The highest BCUT2D eigenvalue weighted by atomic mass is 32.2. The Morgan fingerprint density at radius 2 is 1.02 bits per heavy atom. The van der Waals surface area contributed by atoms with Crippen LogP contribution in [0.3, 0.4) is 0 Å². The van der Waals surface area contributed by atoms with Gasteiger partial charge in [-0.1, -0.05) is 36.4 Å². The fraction of sp³-hybridized carbons (Fsp3) is 0.240. The molecule has 0 fully saturated rings. The van der Waals surface area contributed by atoms with Gasteiger partial charge in [-0.05, 0) is 48.5 Å². The molecule has 242 valence electrons. The van der Waals surface area contributed by atoms with E-state index >= 15 is 0 Å². The van der Waals surface area contributed by atoms with Gasteiger partial charge in [0, 0.05) is 0 Å². The summed E-state index contributed by atoms with van der Waals surface area (Å²) in [5.74, 6) is -16.0. The van der Waals surface area contributed by atoms with Gasteiger partial charge < -0.3 is 9.29 Å². The van der Waals surface area contributed by atoms with Crippen molar-refractivity contribution in [1.29, 1.82) is 0 Å². The summed E-state index contributed by atoms with van der Waals surface area (Å²) in [5.41, 5.74) is 0. The molecule has 3 aromatic rings. The molecule has 0 unspecified atom stereocenters. The van der Waals surface area contributed by atoms with Gasteiger partial charge in [0.1, 0.15) is 12.2 Å². The van der Waals surface area contributed by atoms with Crippen LogP contribution >= 0.6 is 0 Å². The van der Waals surface area contributed by atoms with E-state index in [9.17, 15) is 70.5 Å². The third kappa shape index (κ3) is 8.59. The van der Waals surface area contributed by atoms with Crippen molar-refractivity contribution in [3.05, 3.63) is 84.9 Å². The molecule has 44 heavy (non-hydrogen) atoms. The van der Waals surface area contributed by atoms with E-state index in [0.29, 0.717) is 0 Å². The molecule has 0 aliphatic carbocycles. The number of alkyl halides is 12. The largest absolute Gasteiger partial charge is 0.743 e. The standard InChI is InChI=1S/C21H16F3O2S.C4HF9O3S/c22-21(23,24)15-20(25)26-16-11-13-19(14-12-16)27(17-7-3-1-4-8-17)18-9-5-2-6-10-18;5-1(6,3(9,10)11)2(7,8)4(12,13)17(14,15)16/h1-14H,15H2;(H,14,15,16)/q+1;/p-1. The van der Waals surface area contributed by atoms with Crippen LogP contribution in [0.2, 0.25) is 0 Å². The Morgan fingerprint density at radius 1 is 0.636 bits per heavy atom. The number of rotatable bonds is 8. The molecule has 3 aromatic carbocycles. The van der Waals surface area contributed by atoms with Gasteiger partial charge in [-0.3, -0.25) is 4.79 Å². The average molecular weight is 689 g/mol. The molecule has 0 bridgehead atoms. The number of halogens is 12. The van der Waals surface area contributed by atoms with Gasteiger partial charge in [0.15, 0.2) is 24.8 Å².